The van der Waals surface area contributed by atoms with E-state index in [0.29, 0.717) is 6.54 Å². The van der Waals surface area contributed by atoms with Gasteiger partial charge in [0.25, 0.3) is 0 Å². The Morgan fingerprint density at radius 1 is 1.64 bits per heavy atom. The Bertz CT molecular complexity index is 198. The lowest BCUT2D eigenvalue weighted by molar-refractivity contribution is -0.147. The Hall–Kier alpha value is -0.610. The van der Waals surface area contributed by atoms with Crippen LogP contribution >= 0.6 is 0 Å². The minimum absolute atomic E-state index is 0.240. The summed E-state index contributed by atoms with van der Waals surface area (Å²) in [4.78, 5) is 11.3. The zero-order valence-electron chi connectivity index (χ0n) is 9.13. The molecule has 0 unspecified atom stereocenters. The second kappa shape index (κ2) is 4.75. The van der Waals surface area contributed by atoms with Gasteiger partial charge in [-0.25, -0.2) is 0 Å². The van der Waals surface area contributed by atoms with Crippen LogP contribution in [0.5, 0.6) is 0 Å². The van der Waals surface area contributed by atoms with E-state index in [0.717, 1.165) is 19.4 Å². The molecule has 0 aromatic rings. The molecule has 4 heteroatoms. The predicted octanol–water partition coefficient (Wildman–Crippen LogP) is 0.707. The van der Waals surface area contributed by atoms with Gasteiger partial charge in [-0.05, 0) is 26.7 Å². The summed E-state index contributed by atoms with van der Waals surface area (Å²) in [5.41, 5.74) is -0.624. The van der Waals surface area contributed by atoms with Crippen LogP contribution in [0.15, 0.2) is 0 Å². The van der Waals surface area contributed by atoms with Crippen molar-refractivity contribution in [2.24, 2.45) is 0 Å². The topological polar surface area (TPSA) is 47.6 Å². The number of esters is 1. The molecule has 1 N–H and O–H groups in total. The van der Waals surface area contributed by atoms with Crippen molar-refractivity contribution in [3.8, 4) is 0 Å². The average Bonchev–Trinajstić information content (AvgIpc) is 2.66. The number of carbonyl (C=O) groups excluding carboxylic acids is 1. The number of hydrogen-bond acceptors (Lipinski definition) is 4. The number of nitrogens with one attached hydrogen (secondary N) is 1. The quantitative estimate of drug-likeness (QED) is 0.680. The molecule has 4 nitrogen and oxygen atoms in total. The number of ether oxygens (including phenoxy) is 2. The highest BCUT2D eigenvalue weighted by Crippen LogP contribution is 2.12. The molecule has 0 spiro atoms. The summed E-state index contributed by atoms with van der Waals surface area (Å²) < 4.78 is 10.1. The Kier molecular flexibility index (Phi) is 3.89. The first-order valence-electron chi connectivity index (χ1n) is 5.01. The zero-order chi connectivity index (χ0) is 10.6. The minimum atomic E-state index is -0.624. The molecule has 0 aromatic carbocycles. The summed E-state index contributed by atoms with van der Waals surface area (Å²) in [6, 6.07) is 0. The van der Waals surface area contributed by atoms with Gasteiger partial charge in [-0.15, -0.1) is 0 Å². The molecule has 0 aliphatic carbocycles. The van der Waals surface area contributed by atoms with Crippen molar-refractivity contribution in [2.45, 2.75) is 38.3 Å². The first-order valence-corrected chi connectivity index (χ1v) is 5.01. The first kappa shape index (κ1) is 11.5. The highest BCUT2D eigenvalue weighted by molar-refractivity contribution is 5.79. The van der Waals surface area contributed by atoms with Gasteiger partial charge < -0.3 is 9.47 Å². The van der Waals surface area contributed by atoms with Crippen LogP contribution in [0.4, 0.5) is 0 Å². The first-order chi connectivity index (χ1) is 6.56. The highest BCUT2D eigenvalue weighted by atomic mass is 16.5. The van der Waals surface area contributed by atoms with E-state index in [4.69, 9.17) is 4.74 Å². The Labute approximate surface area is 85.0 Å². The number of rotatable bonds is 4. The second-order valence-electron chi connectivity index (χ2n) is 4.13. The van der Waals surface area contributed by atoms with Crippen molar-refractivity contribution in [3.05, 3.63) is 0 Å². The van der Waals surface area contributed by atoms with E-state index in [2.05, 4.69) is 10.1 Å². The summed E-state index contributed by atoms with van der Waals surface area (Å²) in [7, 11) is 1.40. The molecule has 1 aliphatic heterocycles. The summed E-state index contributed by atoms with van der Waals surface area (Å²) in [6.45, 7) is 5.18. The predicted molar refractivity (Wildman–Crippen MR) is 53.1 cm³/mol. The fourth-order valence-electron chi connectivity index (χ4n) is 1.50. The lowest BCUT2D eigenvalue weighted by Crippen LogP contribution is -2.49. The Morgan fingerprint density at radius 3 is 2.86 bits per heavy atom. The van der Waals surface area contributed by atoms with Crippen LogP contribution in [-0.4, -0.2) is 37.9 Å². The molecule has 1 saturated heterocycles. The van der Waals surface area contributed by atoms with E-state index in [1.165, 1.54) is 7.11 Å². The Balaban J connectivity index is 2.31. The molecule has 1 atom stereocenters. The van der Waals surface area contributed by atoms with Gasteiger partial charge in [0, 0.05) is 13.2 Å². The molecule has 1 fully saturated rings. The lowest BCUT2D eigenvalue weighted by Gasteiger charge is -2.24. The summed E-state index contributed by atoms with van der Waals surface area (Å²) >= 11 is 0. The van der Waals surface area contributed by atoms with E-state index in [1.54, 1.807) is 0 Å². The largest absolute Gasteiger partial charge is 0.468 e. The zero-order valence-corrected chi connectivity index (χ0v) is 9.13. The molecule has 0 bridgehead atoms. The molecule has 1 aliphatic rings. The molecule has 1 heterocycles. The van der Waals surface area contributed by atoms with Crippen LogP contribution in [-0.2, 0) is 14.3 Å². The molecule has 0 amide bonds. The molecule has 0 saturated carbocycles. The van der Waals surface area contributed by atoms with Crippen LogP contribution in [0.3, 0.4) is 0 Å². The van der Waals surface area contributed by atoms with Crippen molar-refractivity contribution in [2.75, 3.05) is 20.3 Å². The SMILES string of the molecule is COC(=O)C(C)(C)NC[C@@H]1CCCO1. The summed E-state index contributed by atoms with van der Waals surface area (Å²) in [5.74, 6) is -0.240. The third-order valence-electron chi connectivity index (χ3n) is 2.49. The smallest absolute Gasteiger partial charge is 0.325 e. The number of hydrogen-bond donors (Lipinski definition) is 1. The third-order valence-corrected chi connectivity index (χ3v) is 2.49. The fourth-order valence-corrected chi connectivity index (χ4v) is 1.50. The molecule has 0 aromatic heterocycles. The molecule has 14 heavy (non-hydrogen) atoms. The Morgan fingerprint density at radius 2 is 2.36 bits per heavy atom. The van der Waals surface area contributed by atoms with Crippen LogP contribution < -0.4 is 5.32 Å². The van der Waals surface area contributed by atoms with E-state index >= 15 is 0 Å². The maximum absolute atomic E-state index is 11.3. The lowest BCUT2D eigenvalue weighted by atomic mass is 10.1. The molecule has 1 rings (SSSR count). The van der Waals surface area contributed by atoms with Crippen molar-refractivity contribution >= 4 is 5.97 Å². The monoisotopic (exact) mass is 201 g/mol. The minimum Gasteiger partial charge on any atom is -0.468 e. The van der Waals surface area contributed by atoms with Gasteiger partial charge in [0.1, 0.15) is 5.54 Å². The number of methoxy groups -OCH3 is 1. The molecular formula is C10H19NO3. The molecule has 82 valence electrons. The maximum Gasteiger partial charge on any atom is 0.325 e. The van der Waals surface area contributed by atoms with E-state index in [-0.39, 0.29) is 12.1 Å². The highest BCUT2D eigenvalue weighted by Gasteiger charge is 2.29. The van der Waals surface area contributed by atoms with E-state index in [1.807, 2.05) is 13.8 Å². The molecular weight excluding hydrogens is 182 g/mol. The van der Waals surface area contributed by atoms with Crippen molar-refractivity contribution in [3.63, 3.8) is 0 Å². The summed E-state index contributed by atoms with van der Waals surface area (Å²) in [5, 5.41) is 3.15. The molecule has 0 radical (unpaired) electrons. The van der Waals surface area contributed by atoms with Crippen LogP contribution in [0.25, 0.3) is 0 Å². The van der Waals surface area contributed by atoms with Crippen molar-refractivity contribution < 1.29 is 14.3 Å². The maximum atomic E-state index is 11.3. The normalized spacial score (nSPS) is 22.4. The fraction of sp³-hybridized carbons (Fsp3) is 0.900. The average molecular weight is 201 g/mol. The van der Waals surface area contributed by atoms with E-state index < -0.39 is 5.54 Å². The van der Waals surface area contributed by atoms with E-state index in [9.17, 15) is 4.79 Å². The van der Waals surface area contributed by atoms with Gasteiger partial charge in [0.2, 0.25) is 0 Å². The van der Waals surface area contributed by atoms with Gasteiger partial charge in [0.15, 0.2) is 0 Å². The van der Waals surface area contributed by atoms with Crippen LogP contribution in [0.1, 0.15) is 26.7 Å². The van der Waals surface area contributed by atoms with Gasteiger partial charge in [-0.3, -0.25) is 10.1 Å². The van der Waals surface area contributed by atoms with Crippen LogP contribution in [0.2, 0.25) is 0 Å². The standard InChI is InChI=1S/C10H19NO3/c1-10(2,9(12)13-3)11-7-8-5-4-6-14-8/h8,11H,4-7H2,1-3H3/t8-/m0/s1. The third kappa shape index (κ3) is 2.96. The van der Waals surface area contributed by atoms with Gasteiger partial charge in [-0.2, -0.15) is 0 Å². The summed E-state index contributed by atoms with van der Waals surface area (Å²) in [6.07, 6.45) is 2.44. The van der Waals surface area contributed by atoms with Gasteiger partial charge in [-0.1, -0.05) is 0 Å². The van der Waals surface area contributed by atoms with Crippen molar-refractivity contribution in [1.29, 1.82) is 0 Å². The number of carbonyl (C=O) groups is 1. The van der Waals surface area contributed by atoms with Crippen LogP contribution in [0, 0.1) is 0 Å². The van der Waals surface area contributed by atoms with Gasteiger partial charge in [0.05, 0.1) is 13.2 Å². The second-order valence-corrected chi connectivity index (χ2v) is 4.13. The van der Waals surface area contributed by atoms with Crippen molar-refractivity contribution in [1.82, 2.24) is 5.32 Å². The van der Waals surface area contributed by atoms with Gasteiger partial charge >= 0.3 is 5.97 Å².